The molecule has 0 fully saturated rings. The highest BCUT2D eigenvalue weighted by molar-refractivity contribution is 6.15. The summed E-state index contributed by atoms with van der Waals surface area (Å²) in [6.45, 7) is 0. The monoisotopic (exact) mass is 182 g/mol. The highest BCUT2D eigenvalue weighted by Crippen LogP contribution is 2.24. The van der Waals surface area contributed by atoms with Gasteiger partial charge in [0.1, 0.15) is 0 Å². The Balaban J connectivity index is 2.64. The van der Waals surface area contributed by atoms with Crippen molar-refractivity contribution in [3.63, 3.8) is 0 Å². The Morgan fingerprint density at radius 3 is 2.64 bits per heavy atom. The van der Waals surface area contributed by atoms with Gasteiger partial charge in [0, 0.05) is 17.8 Å². The van der Waals surface area contributed by atoms with E-state index in [1.54, 1.807) is 0 Å². The van der Waals surface area contributed by atoms with Gasteiger partial charge in [0.2, 0.25) is 0 Å². The fourth-order valence-electron chi connectivity index (χ4n) is 1.44. The lowest BCUT2D eigenvalue weighted by Gasteiger charge is -1.99. The topological polar surface area (TPSA) is 36.2 Å². The molecule has 0 saturated carbocycles. The molecular formula is C12H10N2. The molecule has 2 rings (SSSR count). The lowest BCUT2D eigenvalue weighted by Crippen LogP contribution is -1.75. The van der Waals surface area contributed by atoms with Crippen LogP contribution < -0.4 is 0 Å². The second-order valence-corrected chi connectivity index (χ2v) is 2.94. The van der Waals surface area contributed by atoms with Crippen LogP contribution in [0.15, 0.2) is 47.5 Å². The van der Waals surface area contributed by atoms with E-state index in [4.69, 9.17) is 5.41 Å². The predicted molar refractivity (Wildman–Crippen MR) is 60.9 cm³/mol. The second kappa shape index (κ2) is 3.83. The minimum Gasteiger partial charge on any atom is -0.307 e. The van der Waals surface area contributed by atoms with E-state index in [1.165, 1.54) is 17.8 Å². The molecule has 0 aliphatic carbocycles. The van der Waals surface area contributed by atoms with Gasteiger partial charge in [-0.3, -0.25) is 4.99 Å². The summed E-state index contributed by atoms with van der Waals surface area (Å²) < 4.78 is 0. The maximum atomic E-state index is 6.89. The summed E-state index contributed by atoms with van der Waals surface area (Å²) in [5, 5.41) is 9.18. The molecule has 0 atom stereocenters. The first-order valence-electron chi connectivity index (χ1n) is 4.43. The van der Waals surface area contributed by atoms with E-state index >= 15 is 0 Å². The van der Waals surface area contributed by atoms with E-state index in [9.17, 15) is 0 Å². The molecule has 0 spiro atoms. The number of rotatable bonds is 2. The van der Waals surface area contributed by atoms with Crippen molar-refractivity contribution in [1.29, 1.82) is 5.41 Å². The minimum absolute atomic E-state index is 0.909. The second-order valence-electron chi connectivity index (χ2n) is 2.94. The van der Waals surface area contributed by atoms with Crippen molar-refractivity contribution in [3.8, 4) is 0 Å². The quantitative estimate of drug-likeness (QED) is 0.692. The number of hydrogen-bond donors (Lipinski definition) is 1. The van der Waals surface area contributed by atoms with Crippen LogP contribution in [0.1, 0.15) is 0 Å². The van der Waals surface area contributed by atoms with Crippen LogP contribution in [-0.4, -0.2) is 12.4 Å². The molecule has 0 aromatic heterocycles. The highest BCUT2D eigenvalue weighted by Gasteiger charge is 1.95. The van der Waals surface area contributed by atoms with Crippen LogP contribution in [0.4, 0.5) is 5.69 Å². The van der Waals surface area contributed by atoms with Crippen molar-refractivity contribution < 1.29 is 0 Å². The Morgan fingerprint density at radius 1 is 1.00 bits per heavy atom. The summed E-state index contributed by atoms with van der Waals surface area (Å²) in [6, 6.07) is 14.1. The Morgan fingerprint density at radius 2 is 1.79 bits per heavy atom. The summed E-state index contributed by atoms with van der Waals surface area (Å²) in [4.78, 5) is 4.18. The van der Waals surface area contributed by atoms with Gasteiger partial charge in [-0.25, -0.2) is 0 Å². The van der Waals surface area contributed by atoms with Gasteiger partial charge in [0.15, 0.2) is 0 Å². The standard InChI is InChI=1S/C12H10N2/c13-8-9-14-12-7-3-5-10-4-1-2-6-11(10)12/h1-9,13H. The van der Waals surface area contributed by atoms with Crippen LogP contribution >= 0.6 is 0 Å². The third-order valence-electron chi connectivity index (χ3n) is 2.05. The van der Waals surface area contributed by atoms with Crippen LogP contribution in [0.25, 0.3) is 10.8 Å². The molecule has 0 bridgehead atoms. The highest BCUT2D eigenvalue weighted by atomic mass is 14.7. The molecule has 2 aromatic carbocycles. The molecule has 0 saturated heterocycles. The van der Waals surface area contributed by atoms with E-state index < -0.39 is 0 Å². The fraction of sp³-hybridized carbons (Fsp3) is 0. The molecule has 0 amide bonds. The van der Waals surface area contributed by atoms with Crippen LogP contribution in [0.5, 0.6) is 0 Å². The first-order chi connectivity index (χ1) is 6.92. The van der Waals surface area contributed by atoms with Crippen molar-refractivity contribution in [3.05, 3.63) is 42.5 Å². The largest absolute Gasteiger partial charge is 0.307 e. The van der Waals surface area contributed by atoms with Crippen molar-refractivity contribution in [2.24, 2.45) is 4.99 Å². The summed E-state index contributed by atoms with van der Waals surface area (Å²) in [7, 11) is 0. The lowest BCUT2D eigenvalue weighted by atomic mass is 10.1. The van der Waals surface area contributed by atoms with Gasteiger partial charge >= 0.3 is 0 Å². The number of nitrogens with one attached hydrogen (secondary N) is 1. The first-order valence-corrected chi connectivity index (χ1v) is 4.43. The molecule has 0 heterocycles. The predicted octanol–water partition coefficient (Wildman–Crippen LogP) is 3.19. The molecule has 68 valence electrons. The van der Waals surface area contributed by atoms with Gasteiger partial charge in [-0.1, -0.05) is 36.4 Å². The minimum atomic E-state index is 0.909. The van der Waals surface area contributed by atoms with Crippen molar-refractivity contribution >= 4 is 28.9 Å². The van der Waals surface area contributed by atoms with E-state index in [1.807, 2.05) is 30.3 Å². The van der Waals surface area contributed by atoms with Crippen LogP contribution in [0.2, 0.25) is 0 Å². The van der Waals surface area contributed by atoms with Crippen LogP contribution in [0.3, 0.4) is 0 Å². The van der Waals surface area contributed by atoms with E-state index in [-0.39, 0.29) is 0 Å². The third-order valence-corrected chi connectivity index (χ3v) is 2.05. The Labute approximate surface area is 82.4 Å². The summed E-state index contributed by atoms with van der Waals surface area (Å²) in [5.74, 6) is 0. The zero-order valence-corrected chi connectivity index (χ0v) is 7.64. The SMILES string of the molecule is N=CC=Nc1cccc2ccccc12. The summed E-state index contributed by atoms with van der Waals surface area (Å²) >= 11 is 0. The lowest BCUT2D eigenvalue weighted by molar-refractivity contribution is 1.56. The van der Waals surface area contributed by atoms with Crippen LogP contribution in [0, 0.1) is 5.41 Å². The summed E-state index contributed by atoms with van der Waals surface area (Å²) in [6.07, 6.45) is 2.67. The molecule has 2 heteroatoms. The number of hydrogen-bond acceptors (Lipinski definition) is 2. The van der Waals surface area contributed by atoms with Gasteiger partial charge in [-0.15, -0.1) is 0 Å². The molecule has 0 aliphatic rings. The van der Waals surface area contributed by atoms with Gasteiger partial charge in [0.25, 0.3) is 0 Å². The Bertz CT molecular complexity index is 481. The number of nitrogens with zero attached hydrogens (tertiary/aromatic N) is 1. The van der Waals surface area contributed by atoms with Gasteiger partial charge in [0.05, 0.1) is 5.69 Å². The van der Waals surface area contributed by atoms with Crippen molar-refractivity contribution in [2.75, 3.05) is 0 Å². The molecular weight excluding hydrogens is 172 g/mol. The molecule has 2 nitrogen and oxygen atoms in total. The average Bonchev–Trinajstić information content (AvgIpc) is 2.26. The summed E-state index contributed by atoms with van der Waals surface area (Å²) in [5.41, 5.74) is 0.909. The molecule has 1 N–H and O–H groups in total. The van der Waals surface area contributed by atoms with Gasteiger partial charge < -0.3 is 5.41 Å². The zero-order valence-electron chi connectivity index (χ0n) is 7.64. The van der Waals surface area contributed by atoms with Gasteiger partial charge in [-0.05, 0) is 11.5 Å². The van der Waals surface area contributed by atoms with E-state index in [0.29, 0.717) is 0 Å². The first kappa shape index (κ1) is 8.63. The molecule has 0 radical (unpaired) electrons. The zero-order chi connectivity index (χ0) is 9.80. The molecule has 2 aromatic rings. The van der Waals surface area contributed by atoms with E-state index in [2.05, 4.69) is 17.1 Å². The fourth-order valence-corrected chi connectivity index (χ4v) is 1.44. The number of benzene rings is 2. The number of fused-ring (bicyclic) bond motifs is 1. The smallest absolute Gasteiger partial charge is 0.0708 e. The molecule has 0 aliphatic heterocycles. The third kappa shape index (κ3) is 1.55. The van der Waals surface area contributed by atoms with E-state index in [0.717, 1.165) is 11.1 Å². The number of aliphatic imine (C=N–C) groups is 1. The maximum absolute atomic E-state index is 6.89. The maximum Gasteiger partial charge on any atom is 0.0708 e. The van der Waals surface area contributed by atoms with Crippen molar-refractivity contribution in [2.45, 2.75) is 0 Å². The van der Waals surface area contributed by atoms with Crippen LogP contribution in [-0.2, 0) is 0 Å². The average molecular weight is 182 g/mol. The Hall–Kier alpha value is -1.96. The normalized spacial score (nSPS) is 10.9. The molecule has 0 unspecified atom stereocenters. The van der Waals surface area contributed by atoms with Gasteiger partial charge in [-0.2, -0.15) is 0 Å². The van der Waals surface area contributed by atoms with Crippen molar-refractivity contribution in [1.82, 2.24) is 0 Å². The Kier molecular flexibility index (Phi) is 2.36. The molecule has 14 heavy (non-hydrogen) atoms.